The van der Waals surface area contributed by atoms with Crippen LogP contribution in [0.2, 0.25) is 5.02 Å². The normalized spacial score (nSPS) is 21.3. The van der Waals surface area contributed by atoms with Crippen LogP contribution in [0.3, 0.4) is 0 Å². The molecule has 1 aliphatic heterocycles. The highest BCUT2D eigenvalue weighted by molar-refractivity contribution is 6.34. The molecule has 6 nitrogen and oxygen atoms in total. The third-order valence-corrected chi connectivity index (χ3v) is 4.32. The summed E-state index contributed by atoms with van der Waals surface area (Å²) in [5, 5.41) is 13.4. The Bertz CT molecular complexity index is 780. The second-order valence-electron chi connectivity index (χ2n) is 5.36. The summed E-state index contributed by atoms with van der Waals surface area (Å²) in [4.78, 5) is 24.8. The molecule has 122 valence electrons. The van der Waals surface area contributed by atoms with Gasteiger partial charge in [0.25, 0.3) is 5.91 Å². The number of rotatable bonds is 3. The molecule has 1 fully saturated rings. The maximum atomic E-state index is 13.0. The molecule has 1 saturated heterocycles. The van der Waals surface area contributed by atoms with E-state index in [0.29, 0.717) is 10.5 Å². The van der Waals surface area contributed by atoms with Crippen molar-refractivity contribution in [1.29, 1.82) is 0 Å². The van der Waals surface area contributed by atoms with E-state index in [0.717, 1.165) is 4.90 Å². The largest absolute Gasteiger partial charge is 0.481 e. The van der Waals surface area contributed by atoms with Gasteiger partial charge in [0, 0.05) is 19.3 Å². The van der Waals surface area contributed by atoms with Gasteiger partial charge in [-0.15, -0.1) is 0 Å². The third-order valence-electron chi connectivity index (χ3n) is 4.02. The molecule has 23 heavy (non-hydrogen) atoms. The molecule has 3 heterocycles. The summed E-state index contributed by atoms with van der Waals surface area (Å²) in [6, 6.07) is 3.24. The van der Waals surface area contributed by atoms with E-state index in [2.05, 4.69) is 5.10 Å². The monoisotopic (exact) mass is 343 g/mol. The summed E-state index contributed by atoms with van der Waals surface area (Å²) in [6.45, 7) is -0.569. The lowest BCUT2D eigenvalue weighted by Crippen LogP contribution is -2.29. The summed E-state index contributed by atoms with van der Waals surface area (Å²) in [6.07, 6.45) is 0.0975. The zero-order chi connectivity index (χ0) is 16.7. The van der Waals surface area contributed by atoms with Crippen molar-refractivity contribution >= 4 is 29.0 Å². The number of likely N-dealkylation sites (tertiary alicyclic amines) is 1. The number of nitrogens with zero attached hydrogens (tertiary/aromatic N) is 3. The molecule has 3 rings (SSSR count). The van der Waals surface area contributed by atoms with E-state index in [1.807, 2.05) is 0 Å². The van der Waals surface area contributed by atoms with Gasteiger partial charge in [-0.3, -0.25) is 9.59 Å². The summed E-state index contributed by atoms with van der Waals surface area (Å²) in [5.41, 5.74) is 0.529. The van der Waals surface area contributed by atoms with Crippen LogP contribution in [-0.4, -0.2) is 51.0 Å². The number of fused-ring (bicyclic) bond motifs is 1. The topological polar surface area (TPSA) is 74.9 Å². The number of hydrogen-bond acceptors (Lipinski definition) is 3. The lowest BCUT2D eigenvalue weighted by molar-refractivity contribution is -0.144. The molecule has 1 N–H and O–H groups in total. The van der Waals surface area contributed by atoms with E-state index in [1.54, 1.807) is 18.3 Å². The lowest BCUT2D eigenvalue weighted by Gasteiger charge is -2.15. The molecule has 2 aromatic heterocycles. The minimum atomic E-state index is -2.80. The van der Waals surface area contributed by atoms with Gasteiger partial charge in [0.2, 0.25) is 6.43 Å². The van der Waals surface area contributed by atoms with Gasteiger partial charge in [0.15, 0.2) is 0 Å². The first-order valence-electron chi connectivity index (χ1n) is 6.82. The Morgan fingerprint density at radius 2 is 2.13 bits per heavy atom. The molecule has 2 aromatic rings. The number of hydrogen-bond donors (Lipinski definition) is 1. The number of aromatic nitrogens is 2. The number of carboxylic acid groups (broad SMARTS) is 1. The predicted octanol–water partition coefficient (Wildman–Crippen LogP) is 2.03. The smallest absolute Gasteiger partial charge is 0.308 e. The van der Waals surface area contributed by atoms with E-state index in [1.165, 1.54) is 10.7 Å². The number of carboxylic acids is 1. The lowest BCUT2D eigenvalue weighted by atomic mass is 9.97. The molecule has 0 unspecified atom stereocenters. The predicted molar refractivity (Wildman–Crippen MR) is 76.7 cm³/mol. The van der Waals surface area contributed by atoms with E-state index in [4.69, 9.17) is 16.7 Å². The molecular weight excluding hydrogens is 332 g/mol. The Kier molecular flexibility index (Phi) is 3.93. The molecule has 2 atom stereocenters. The SMILES string of the molecule is O=C(O)[C@@H]1CN(C(=O)c2cnn3cccc(Cl)c23)C[C@H]1C(F)F. The van der Waals surface area contributed by atoms with Gasteiger partial charge in [-0.25, -0.2) is 13.3 Å². The molecule has 9 heteroatoms. The van der Waals surface area contributed by atoms with E-state index < -0.39 is 30.1 Å². The highest BCUT2D eigenvalue weighted by Gasteiger charge is 2.44. The molecule has 0 radical (unpaired) electrons. The van der Waals surface area contributed by atoms with Gasteiger partial charge in [0.1, 0.15) is 0 Å². The van der Waals surface area contributed by atoms with E-state index in [-0.39, 0.29) is 18.7 Å². The van der Waals surface area contributed by atoms with Crippen molar-refractivity contribution in [2.24, 2.45) is 11.8 Å². The Hall–Kier alpha value is -2.22. The first-order chi connectivity index (χ1) is 10.9. The van der Waals surface area contributed by atoms with Gasteiger partial charge in [-0.05, 0) is 12.1 Å². The van der Waals surface area contributed by atoms with Crippen molar-refractivity contribution in [2.75, 3.05) is 13.1 Å². The second-order valence-corrected chi connectivity index (χ2v) is 5.77. The second kappa shape index (κ2) is 5.77. The van der Waals surface area contributed by atoms with Crippen LogP contribution in [0.1, 0.15) is 10.4 Å². The Labute approximate surface area is 134 Å². The summed E-state index contributed by atoms with van der Waals surface area (Å²) >= 11 is 6.07. The maximum absolute atomic E-state index is 13.0. The number of carbonyl (C=O) groups excluding carboxylic acids is 1. The number of alkyl halides is 2. The van der Waals surface area contributed by atoms with Crippen LogP contribution in [-0.2, 0) is 4.79 Å². The number of carbonyl (C=O) groups is 2. The number of halogens is 3. The zero-order valence-corrected chi connectivity index (χ0v) is 12.5. The standard InChI is InChI=1S/C14H12ClF2N3O3/c15-10-2-1-3-20-11(10)7(4-18-20)13(21)19-5-8(12(16)17)9(6-19)14(22)23/h1-4,8-9,12H,5-6H2,(H,22,23)/t8-,9-/m1/s1. The molecular formula is C14H12ClF2N3O3. The minimum Gasteiger partial charge on any atom is -0.481 e. The third kappa shape index (κ3) is 2.63. The van der Waals surface area contributed by atoms with Gasteiger partial charge >= 0.3 is 5.97 Å². The van der Waals surface area contributed by atoms with Crippen molar-refractivity contribution in [2.45, 2.75) is 6.43 Å². The quantitative estimate of drug-likeness (QED) is 0.925. The molecule has 1 amide bonds. The fourth-order valence-electron chi connectivity index (χ4n) is 2.84. The molecule has 0 spiro atoms. The Morgan fingerprint density at radius 1 is 1.39 bits per heavy atom. The van der Waals surface area contributed by atoms with E-state index in [9.17, 15) is 18.4 Å². The van der Waals surface area contributed by atoms with Crippen LogP contribution in [0.25, 0.3) is 5.52 Å². The first-order valence-corrected chi connectivity index (χ1v) is 7.20. The highest BCUT2D eigenvalue weighted by atomic mass is 35.5. The van der Waals surface area contributed by atoms with Crippen LogP contribution >= 0.6 is 11.6 Å². The fourth-order valence-corrected chi connectivity index (χ4v) is 3.10. The summed E-state index contributed by atoms with van der Waals surface area (Å²) < 4.78 is 27.4. The van der Waals surface area contributed by atoms with Crippen LogP contribution in [0, 0.1) is 11.8 Å². The van der Waals surface area contributed by atoms with Crippen LogP contribution in [0.5, 0.6) is 0 Å². The molecule has 0 saturated carbocycles. The van der Waals surface area contributed by atoms with Crippen LogP contribution in [0.4, 0.5) is 8.78 Å². The fraction of sp³-hybridized carbons (Fsp3) is 0.357. The Balaban J connectivity index is 1.93. The van der Waals surface area contributed by atoms with Crippen molar-refractivity contribution < 1.29 is 23.5 Å². The number of pyridine rings is 1. The molecule has 1 aliphatic rings. The average molecular weight is 344 g/mol. The maximum Gasteiger partial charge on any atom is 0.308 e. The van der Waals surface area contributed by atoms with Gasteiger partial charge in [-0.2, -0.15) is 5.10 Å². The van der Waals surface area contributed by atoms with Crippen molar-refractivity contribution in [3.8, 4) is 0 Å². The Morgan fingerprint density at radius 3 is 2.74 bits per heavy atom. The zero-order valence-electron chi connectivity index (χ0n) is 11.7. The molecule has 0 aromatic carbocycles. The van der Waals surface area contributed by atoms with Crippen LogP contribution < -0.4 is 0 Å². The van der Waals surface area contributed by atoms with Gasteiger partial charge < -0.3 is 10.0 Å². The van der Waals surface area contributed by atoms with Crippen molar-refractivity contribution in [1.82, 2.24) is 14.5 Å². The highest BCUT2D eigenvalue weighted by Crippen LogP contribution is 2.31. The van der Waals surface area contributed by atoms with Crippen LogP contribution in [0.15, 0.2) is 24.5 Å². The number of aliphatic carboxylic acids is 1. The van der Waals surface area contributed by atoms with Gasteiger partial charge in [-0.1, -0.05) is 11.6 Å². The molecule has 0 aliphatic carbocycles. The average Bonchev–Trinajstić information content (AvgIpc) is 3.11. The number of amides is 1. The van der Waals surface area contributed by atoms with Crippen molar-refractivity contribution in [3.05, 3.63) is 35.1 Å². The van der Waals surface area contributed by atoms with Gasteiger partial charge in [0.05, 0.1) is 34.1 Å². The minimum absolute atomic E-state index is 0.162. The summed E-state index contributed by atoms with van der Waals surface area (Å²) in [5.74, 6) is -4.55. The molecule has 0 bridgehead atoms. The van der Waals surface area contributed by atoms with E-state index >= 15 is 0 Å². The first kappa shape index (κ1) is 15.7. The summed E-state index contributed by atoms with van der Waals surface area (Å²) in [7, 11) is 0. The van der Waals surface area contributed by atoms with Crippen molar-refractivity contribution in [3.63, 3.8) is 0 Å².